The second-order valence-electron chi connectivity index (χ2n) is 7.97. The highest BCUT2D eigenvalue weighted by Crippen LogP contribution is 2.31. The number of methoxy groups -OCH3 is 1. The van der Waals surface area contributed by atoms with E-state index in [1.165, 1.54) is 17.3 Å². The molecule has 0 unspecified atom stereocenters. The van der Waals surface area contributed by atoms with E-state index in [4.69, 9.17) is 4.74 Å². The van der Waals surface area contributed by atoms with Crippen LogP contribution in [0.1, 0.15) is 32.8 Å². The molecule has 3 rings (SSSR count). The van der Waals surface area contributed by atoms with Gasteiger partial charge in [-0.15, -0.1) is 10.2 Å². The highest BCUT2D eigenvalue weighted by molar-refractivity contribution is 7.99. The van der Waals surface area contributed by atoms with Crippen molar-refractivity contribution < 1.29 is 9.53 Å². The molecule has 0 saturated carbocycles. The third-order valence-corrected chi connectivity index (χ3v) is 6.19. The number of hydrogen-bond donors (Lipinski definition) is 1. The minimum Gasteiger partial charge on any atom is -0.496 e. The Morgan fingerprint density at radius 1 is 1.10 bits per heavy atom. The molecule has 7 heteroatoms. The molecule has 1 amide bonds. The molecular formula is C24H30N4O2S. The SMILES string of the molecule is CCC(C)(C)NC(=O)CSc1nnc(-c2ccccc2OC)n1CCc1ccccc1. The number of carbonyl (C=O) groups excluding carboxylic acids is 1. The topological polar surface area (TPSA) is 69.0 Å². The molecule has 3 aromatic rings. The summed E-state index contributed by atoms with van der Waals surface area (Å²) in [5.41, 5.74) is 1.90. The molecule has 0 aliphatic heterocycles. The van der Waals surface area contributed by atoms with Crippen LogP contribution in [0.2, 0.25) is 0 Å². The van der Waals surface area contributed by atoms with Crippen molar-refractivity contribution >= 4 is 17.7 Å². The predicted octanol–water partition coefficient (Wildman–Crippen LogP) is 4.59. The molecule has 6 nitrogen and oxygen atoms in total. The average molecular weight is 439 g/mol. The van der Waals surface area contributed by atoms with Crippen molar-refractivity contribution in [3.05, 3.63) is 60.2 Å². The molecule has 0 atom stereocenters. The summed E-state index contributed by atoms with van der Waals surface area (Å²) in [6.45, 7) is 6.82. The number of rotatable bonds is 10. The van der Waals surface area contributed by atoms with Crippen LogP contribution in [0.25, 0.3) is 11.4 Å². The maximum absolute atomic E-state index is 12.4. The van der Waals surface area contributed by atoms with Crippen LogP contribution < -0.4 is 10.1 Å². The van der Waals surface area contributed by atoms with Gasteiger partial charge in [0.05, 0.1) is 18.4 Å². The fraction of sp³-hybridized carbons (Fsp3) is 0.375. The zero-order valence-electron chi connectivity index (χ0n) is 18.6. The fourth-order valence-corrected chi connectivity index (χ4v) is 3.91. The monoisotopic (exact) mass is 438 g/mol. The van der Waals surface area contributed by atoms with E-state index in [1.807, 2.05) is 56.3 Å². The Morgan fingerprint density at radius 2 is 1.81 bits per heavy atom. The van der Waals surface area contributed by atoms with Crippen molar-refractivity contribution in [2.24, 2.45) is 0 Å². The molecule has 1 heterocycles. The zero-order chi connectivity index (χ0) is 22.3. The van der Waals surface area contributed by atoms with E-state index in [9.17, 15) is 4.79 Å². The largest absolute Gasteiger partial charge is 0.496 e. The second kappa shape index (κ2) is 10.5. The second-order valence-corrected chi connectivity index (χ2v) is 8.91. The van der Waals surface area contributed by atoms with Gasteiger partial charge in [-0.3, -0.25) is 4.79 Å². The predicted molar refractivity (Wildman–Crippen MR) is 125 cm³/mol. The molecule has 0 aliphatic rings. The fourth-order valence-electron chi connectivity index (χ4n) is 3.14. The van der Waals surface area contributed by atoms with Crippen LogP contribution in [0.4, 0.5) is 0 Å². The quantitative estimate of drug-likeness (QED) is 0.469. The summed E-state index contributed by atoms with van der Waals surface area (Å²) in [7, 11) is 1.65. The molecule has 164 valence electrons. The number of ether oxygens (including phenoxy) is 1. The third kappa shape index (κ3) is 6.10. The first-order valence-corrected chi connectivity index (χ1v) is 11.5. The number of aromatic nitrogens is 3. The first kappa shape index (κ1) is 22.9. The van der Waals surface area contributed by atoms with E-state index in [2.05, 4.69) is 39.1 Å². The molecule has 0 radical (unpaired) electrons. The Hall–Kier alpha value is -2.80. The van der Waals surface area contributed by atoms with Crippen molar-refractivity contribution in [1.29, 1.82) is 0 Å². The molecule has 0 spiro atoms. The van der Waals surface area contributed by atoms with Gasteiger partial charge in [0.2, 0.25) is 5.91 Å². The Morgan fingerprint density at radius 3 is 2.52 bits per heavy atom. The normalized spacial score (nSPS) is 11.4. The van der Waals surface area contributed by atoms with Crippen LogP contribution in [0.5, 0.6) is 5.75 Å². The average Bonchev–Trinajstić information content (AvgIpc) is 3.19. The number of thioether (sulfide) groups is 1. The third-order valence-electron chi connectivity index (χ3n) is 5.23. The van der Waals surface area contributed by atoms with Crippen molar-refractivity contribution in [3.63, 3.8) is 0 Å². The summed E-state index contributed by atoms with van der Waals surface area (Å²) in [5, 5.41) is 12.7. The van der Waals surface area contributed by atoms with Gasteiger partial charge in [0.25, 0.3) is 0 Å². The number of hydrogen-bond acceptors (Lipinski definition) is 5. The minimum atomic E-state index is -0.221. The smallest absolute Gasteiger partial charge is 0.230 e. The summed E-state index contributed by atoms with van der Waals surface area (Å²) in [5.74, 6) is 1.77. The lowest BCUT2D eigenvalue weighted by Crippen LogP contribution is -2.43. The summed E-state index contributed by atoms with van der Waals surface area (Å²) >= 11 is 1.41. The molecule has 0 fully saturated rings. The molecule has 0 bridgehead atoms. The lowest BCUT2D eigenvalue weighted by molar-refractivity contribution is -0.120. The first-order valence-electron chi connectivity index (χ1n) is 10.5. The van der Waals surface area contributed by atoms with Gasteiger partial charge >= 0.3 is 0 Å². The van der Waals surface area contributed by atoms with Gasteiger partial charge in [0, 0.05) is 12.1 Å². The van der Waals surface area contributed by atoms with E-state index >= 15 is 0 Å². The van der Waals surface area contributed by atoms with E-state index < -0.39 is 0 Å². The maximum atomic E-state index is 12.4. The van der Waals surface area contributed by atoms with Gasteiger partial charge < -0.3 is 14.6 Å². The maximum Gasteiger partial charge on any atom is 0.230 e. The highest BCUT2D eigenvalue weighted by Gasteiger charge is 2.21. The summed E-state index contributed by atoms with van der Waals surface area (Å²) in [6, 6.07) is 18.1. The van der Waals surface area contributed by atoms with Crippen molar-refractivity contribution in [2.45, 2.75) is 50.9 Å². The van der Waals surface area contributed by atoms with Crippen LogP contribution in [-0.4, -0.2) is 39.1 Å². The van der Waals surface area contributed by atoms with Crippen LogP contribution in [-0.2, 0) is 17.8 Å². The van der Waals surface area contributed by atoms with Gasteiger partial charge in [-0.05, 0) is 44.4 Å². The number of nitrogens with zero attached hydrogens (tertiary/aromatic N) is 3. The molecule has 2 aromatic carbocycles. The lowest BCUT2D eigenvalue weighted by Gasteiger charge is -2.24. The van der Waals surface area contributed by atoms with E-state index in [0.29, 0.717) is 12.3 Å². The minimum absolute atomic E-state index is 0.00620. The van der Waals surface area contributed by atoms with E-state index in [0.717, 1.165) is 35.1 Å². The van der Waals surface area contributed by atoms with Gasteiger partial charge in [-0.2, -0.15) is 0 Å². The van der Waals surface area contributed by atoms with Gasteiger partial charge in [0.1, 0.15) is 5.75 Å². The van der Waals surface area contributed by atoms with Crippen LogP contribution >= 0.6 is 11.8 Å². The van der Waals surface area contributed by atoms with Crippen molar-refractivity contribution in [2.75, 3.05) is 12.9 Å². The number of aryl methyl sites for hydroxylation is 1. The molecule has 31 heavy (non-hydrogen) atoms. The van der Waals surface area contributed by atoms with Crippen LogP contribution in [0, 0.1) is 0 Å². The number of para-hydroxylation sites is 1. The highest BCUT2D eigenvalue weighted by atomic mass is 32.2. The van der Waals surface area contributed by atoms with Crippen LogP contribution in [0.15, 0.2) is 59.8 Å². The number of carbonyl (C=O) groups is 1. The van der Waals surface area contributed by atoms with Crippen molar-refractivity contribution in [1.82, 2.24) is 20.1 Å². The summed E-state index contributed by atoms with van der Waals surface area (Å²) in [6.07, 6.45) is 1.71. The first-order chi connectivity index (χ1) is 14.9. The number of amides is 1. The summed E-state index contributed by atoms with van der Waals surface area (Å²) in [4.78, 5) is 12.4. The Bertz CT molecular complexity index is 1000. The van der Waals surface area contributed by atoms with E-state index in [1.54, 1.807) is 7.11 Å². The Labute approximate surface area is 188 Å². The zero-order valence-corrected chi connectivity index (χ0v) is 19.4. The van der Waals surface area contributed by atoms with Gasteiger partial charge in [0.15, 0.2) is 11.0 Å². The summed E-state index contributed by atoms with van der Waals surface area (Å²) < 4.78 is 7.62. The lowest BCUT2D eigenvalue weighted by atomic mass is 10.0. The number of nitrogens with one attached hydrogen (secondary N) is 1. The molecule has 1 aromatic heterocycles. The molecule has 1 N–H and O–H groups in total. The molecular weight excluding hydrogens is 408 g/mol. The van der Waals surface area contributed by atoms with Gasteiger partial charge in [-0.1, -0.05) is 61.2 Å². The van der Waals surface area contributed by atoms with Gasteiger partial charge in [-0.25, -0.2) is 0 Å². The van der Waals surface area contributed by atoms with Crippen LogP contribution in [0.3, 0.4) is 0 Å². The van der Waals surface area contributed by atoms with Crippen molar-refractivity contribution in [3.8, 4) is 17.1 Å². The standard InChI is InChI=1S/C24H30N4O2S/c1-5-24(2,3)25-21(29)17-31-23-27-26-22(19-13-9-10-14-20(19)30-4)28(23)16-15-18-11-7-6-8-12-18/h6-14H,5,15-17H2,1-4H3,(H,25,29). The molecule has 0 aliphatic carbocycles. The molecule has 0 saturated heterocycles. The Balaban J connectivity index is 1.84. The number of benzene rings is 2. The Kier molecular flexibility index (Phi) is 7.74. The van der Waals surface area contributed by atoms with E-state index in [-0.39, 0.29) is 11.4 Å².